The Morgan fingerprint density at radius 3 is 2.90 bits per heavy atom. The van der Waals surface area contributed by atoms with Gasteiger partial charge < -0.3 is 15.2 Å². The van der Waals surface area contributed by atoms with Crippen molar-refractivity contribution in [1.29, 1.82) is 5.26 Å². The van der Waals surface area contributed by atoms with Crippen LogP contribution in [-0.4, -0.2) is 24.4 Å². The molecule has 0 aromatic heterocycles. The molecule has 0 spiro atoms. The molecule has 1 aliphatic rings. The van der Waals surface area contributed by atoms with Gasteiger partial charge >= 0.3 is 0 Å². The van der Waals surface area contributed by atoms with Crippen LogP contribution in [0.5, 0.6) is 11.5 Å². The number of aromatic hydroxyl groups is 1. The Morgan fingerprint density at radius 2 is 2.30 bits per heavy atom. The third-order valence-corrected chi connectivity index (χ3v) is 3.90. The molecule has 104 valence electrons. The number of thioether (sulfide) groups is 1. The lowest BCUT2D eigenvalue weighted by Gasteiger charge is -2.24. The van der Waals surface area contributed by atoms with Gasteiger partial charge in [0, 0.05) is 12.3 Å². The maximum Gasteiger partial charge on any atom is 0.225 e. The standard InChI is InChI=1S/C14H14N2O3S/c1-19-12-5-8(3-4-11(12)17)9-6-13(18)16-14(20-2)10(9)7-15/h3-5,9,17H,6H2,1-2H3,(H,16,18)/t9-/m0/s1. The number of ether oxygens (including phenoxy) is 1. The van der Waals surface area contributed by atoms with Gasteiger partial charge in [-0.25, -0.2) is 0 Å². The zero-order valence-electron chi connectivity index (χ0n) is 11.1. The molecule has 0 aliphatic carbocycles. The number of carbonyl (C=O) groups excluding carboxylic acids is 1. The first kappa shape index (κ1) is 14.3. The van der Waals surface area contributed by atoms with E-state index in [1.165, 1.54) is 24.9 Å². The molecule has 1 heterocycles. The van der Waals surface area contributed by atoms with Gasteiger partial charge in [0.05, 0.1) is 23.8 Å². The molecular weight excluding hydrogens is 276 g/mol. The van der Waals surface area contributed by atoms with Crippen LogP contribution in [0.25, 0.3) is 0 Å². The Bertz CT molecular complexity index is 619. The SMILES string of the molecule is COc1cc([C@@H]2CC(=O)NC(SC)=C2C#N)ccc1O. The lowest BCUT2D eigenvalue weighted by molar-refractivity contribution is -0.120. The van der Waals surface area contributed by atoms with Crippen LogP contribution in [0, 0.1) is 11.3 Å². The van der Waals surface area contributed by atoms with Gasteiger partial charge in [-0.1, -0.05) is 6.07 Å². The van der Waals surface area contributed by atoms with E-state index in [1.54, 1.807) is 12.1 Å². The quantitative estimate of drug-likeness (QED) is 0.891. The topological polar surface area (TPSA) is 82.3 Å². The molecule has 1 aromatic carbocycles. The molecule has 0 saturated carbocycles. The minimum atomic E-state index is -0.314. The average molecular weight is 290 g/mol. The highest BCUT2D eigenvalue weighted by molar-refractivity contribution is 8.02. The van der Waals surface area contributed by atoms with E-state index in [0.717, 1.165) is 5.56 Å². The Balaban J connectivity index is 2.50. The molecule has 1 aliphatic heterocycles. The van der Waals surface area contributed by atoms with Crippen molar-refractivity contribution in [2.24, 2.45) is 0 Å². The number of methoxy groups -OCH3 is 1. The molecule has 2 N–H and O–H groups in total. The van der Waals surface area contributed by atoms with Crippen molar-refractivity contribution in [1.82, 2.24) is 5.32 Å². The molecular formula is C14H14N2O3S. The summed E-state index contributed by atoms with van der Waals surface area (Å²) >= 11 is 1.34. The lowest BCUT2D eigenvalue weighted by atomic mass is 9.87. The van der Waals surface area contributed by atoms with E-state index in [4.69, 9.17) is 4.74 Å². The highest BCUT2D eigenvalue weighted by Crippen LogP contribution is 2.38. The summed E-state index contributed by atoms with van der Waals surface area (Å²) in [6, 6.07) is 7.04. The molecule has 20 heavy (non-hydrogen) atoms. The van der Waals surface area contributed by atoms with Gasteiger partial charge in [0.2, 0.25) is 5.91 Å². The number of hydrogen-bond donors (Lipinski definition) is 2. The molecule has 1 aromatic rings. The van der Waals surface area contributed by atoms with E-state index < -0.39 is 0 Å². The minimum absolute atomic E-state index is 0.0316. The van der Waals surface area contributed by atoms with Crippen molar-refractivity contribution in [3.8, 4) is 17.6 Å². The monoisotopic (exact) mass is 290 g/mol. The smallest absolute Gasteiger partial charge is 0.225 e. The zero-order chi connectivity index (χ0) is 14.7. The number of nitriles is 1. The van der Waals surface area contributed by atoms with Crippen LogP contribution < -0.4 is 10.1 Å². The van der Waals surface area contributed by atoms with E-state index in [1.807, 2.05) is 6.26 Å². The number of allylic oxidation sites excluding steroid dienone is 1. The lowest BCUT2D eigenvalue weighted by Crippen LogP contribution is -2.30. The number of amides is 1. The number of benzene rings is 1. The van der Waals surface area contributed by atoms with Crippen LogP contribution >= 0.6 is 11.8 Å². The van der Waals surface area contributed by atoms with Gasteiger partial charge in [0.1, 0.15) is 0 Å². The van der Waals surface area contributed by atoms with Crippen LogP contribution in [0.2, 0.25) is 0 Å². The number of nitrogens with one attached hydrogen (secondary N) is 1. The predicted octanol–water partition coefficient (Wildman–Crippen LogP) is 2.10. The highest BCUT2D eigenvalue weighted by atomic mass is 32.2. The summed E-state index contributed by atoms with van der Waals surface area (Å²) in [4.78, 5) is 11.8. The van der Waals surface area contributed by atoms with Gasteiger partial charge in [0.25, 0.3) is 0 Å². The van der Waals surface area contributed by atoms with Gasteiger partial charge in [-0.2, -0.15) is 5.26 Å². The van der Waals surface area contributed by atoms with Gasteiger partial charge in [0.15, 0.2) is 11.5 Å². The number of hydrogen-bond acceptors (Lipinski definition) is 5. The van der Waals surface area contributed by atoms with Crippen LogP contribution in [0.4, 0.5) is 0 Å². The summed E-state index contributed by atoms with van der Waals surface area (Å²) in [5.41, 5.74) is 1.31. The van der Waals surface area contributed by atoms with Crippen molar-refractivity contribution in [2.75, 3.05) is 13.4 Å². The molecule has 0 bridgehead atoms. The summed E-state index contributed by atoms with van der Waals surface area (Å²) in [6.45, 7) is 0. The maximum atomic E-state index is 11.8. The number of phenolic OH excluding ortho intramolecular Hbond substituents is 1. The third-order valence-electron chi connectivity index (χ3n) is 3.17. The Labute approximate surface area is 121 Å². The molecule has 0 unspecified atom stereocenters. The first-order chi connectivity index (χ1) is 9.60. The summed E-state index contributed by atoms with van der Waals surface area (Å²) in [7, 11) is 1.46. The summed E-state index contributed by atoms with van der Waals surface area (Å²) < 4.78 is 5.07. The summed E-state index contributed by atoms with van der Waals surface area (Å²) in [5, 5.41) is 22.3. The van der Waals surface area contributed by atoms with Crippen LogP contribution in [0.15, 0.2) is 28.8 Å². The Morgan fingerprint density at radius 1 is 1.55 bits per heavy atom. The van der Waals surface area contributed by atoms with Crippen molar-refractivity contribution < 1.29 is 14.6 Å². The van der Waals surface area contributed by atoms with Crippen molar-refractivity contribution in [3.63, 3.8) is 0 Å². The average Bonchev–Trinajstić information content (AvgIpc) is 2.46. The van der Waals surface area contributed by atoms with Gasteiger partial charge in [-0.3, -0.25) is 4.79 Å². The van der Waals surface area contributed by atoms with E-state index in [2.05, 4.69) is 11.4 Å². The first-order valence-electron chi connectivity index (χ1n) is 5.95. The summed E-state index contributed by atoms with van der Waals surface area (Å²) in [5.74, 6) is -0.0725. The van der Waals surface area contributed by atoms with Crippen molar-refractivity contribution in [2.45, 2.75) is 12.3 Å². The number of rotatable bonds is 3. The fourth-order valence-electron chi connectivity index (χ4n) is 2.18. The van der Waals surface area contributed by atoms with Crippen molar-refractivity contribution >= 4 is 17.7 Å². The van der Waals surface area contributed by atoms with E-state index in [0.29, 0.717) is 16.4 Å². The predicted molar refractivity (Wildman–Crippen MR) is 76.3 cm³/mol. The molecule has 0 saturated heterocycles. The zero-order valence-corrected chi connectivity index (χ0v) is 12.0. The molecule has 0 radical (unpaired) electrons. The molecule has 1 atom stereocenters. The summed E-state index contributed by atoms with van der Waals surface area (Å²) in [6.07, 6.45) is 2.02. The fourth-order valence-corrected chi connectivity index (χ4v) is 2.80. The molecule has 6 heteroatoms. The number of nitrogens with zero attached hydrogens (tertiary/aromatic N) is 1. The Hall–Kier alpha value is -2.13. The second-order valence-electron chi connectivity index (χ2n) is 4.29. The normalized spacial score (nSPS) is 18.4. The number of phenols is 1. The van der Waals surface area contributed by atoms with E-state index >= 15 is 0 Å². The first-order valence-corrected chi connectivity index (χ1v) is 7.18. The second kappa shape index (κ2) is 5.88. The van der Waals surface area contributed by atoms with Gasteiger partial charge in [-0.15, -0.1) is 11.8 Å². The maximum absolute atomic E-state index is 11.8. The fraction of sp³-hybridized carbons (Fsp3) is 0.286. The number of carbonyl (C=O) groups is 1. The molecule has 5 nitrogen and oxygen atoms in total. The minimum Gasteiger partial charge on any atom is -0.504 e. The Kier molecular flexibility index (Phi) is 4.20. The van der Waals surface area contributed by atoms with E-state index in [9.17, 15) is 15.2 Å². The van der Waals surface area contributed by atoms with Crippen LogP contribution in [-0.2, 0) is 4.79 Å². The van der Waals surface area contributed by atoms with Gasteiger partial charge in [-0.05, 0) is 24.0 Å². The van der Waals surface area contributed by atoms with Crippen LogP contribution in [0.3, 0.4) is 0 Å². The largest absolute Gasteiger partial charge is 0.504 e. The molecule has 1 amide bonds. The molecule has 0 fully saturated rings. The van der Waals surface area contributed by atoms with Crippen molar-refractivity contribution in [3.05, 3.63) is 34.4 Å². The van der Waals surface area contributed by atoms with E-state index in [-0.39, 0.29) is 24.0 Å². The van der Waals surface area contributed by atoms with Crippen LogP contribution in [0.1, 0.15) is 17.9 Å². The molecule has 2 rings (SSSR count). The second-order valence-corrected chi connectivity index (χ2v) is 5.11. The third kappa shape index (κ3) is 2.58. The highest BCUT2D eigenvalue weighted by Gasteiger charge is 2.29.